The third-order valence-electron chi connectivity index (χ3n) is 3.59. The first-order chi connectivity index (χ1) is 10.6. The number of benzene rings is 1. The Morgan fingerprint density at radius 2 is 2.05 bits per heavy atom. The molecule has 1 aromatic carbocycles. The lowest BCUT2D eigenvalue weighted by atomic mass is 10.2. The van der Waals surface area contributed by atoms with Gasteiger partial charge in [0.05, 0.1) is 22.4 Å². The van der Waals surface area contributed by atoms with Crippen LogP contribution in [0.15, 0.2) is 42.7 Å². The van der Waals surface area contributed by atoms with E-state index in [1.807, 2.05) is 23.5 Å². The van der Waals surface area contributed by atoms with E-state index in [0.717, 1.165) is 16.7 Å². The zero-order chi connectivity index (χ0) is 15.3. The maximum Gasteiger partial charge on any atom is 0.164 e. The van der Waals surface area contributed by atoms with E-state index < -0.39 is 0 Å². The third kappa shape index (κ3) is 1.83. The summed E-state index contributed by atoms with van der Waals surface area (Å²) in [6.45, 7) is 1.93. The lowest BCUT2D eigenvalue weighted by molar-refractivity contribution is 0.475. The normalized spacial score (nSPS) is 11.4. The number of phenolic OH excluding ortho intramolecular Hbond substituents is 1. The average Bonchev–Trinajstić information content (AvgIpc) is 2.95. The van der Waals surface area contributed by atoms with E-state index in [4.69, 9.17) is 11.6 Å². The van der Waals surface area contributed by atoms with Crippen molar-refractivity contribution < 1.29 is 5.11 Å². The quantitative estimate of drug-likeness (QED) is 0.583. The van der Waals surface area contributed by atoms with Gasteiger partial charge in [-0.15, -0.1) is 0 Å². The van der Waals surface area contributed by atoms with Crippen LogP contribution in [-0.2, 0) is 0 Å². The summed E-state index contributed by atoms with van der Waals surface area (Å²) < 4.78 is 1.92. The van der Waals surface area contributed by atoms with Crippen molar-refractivity contribution in [1.29, 1.82) is 0 Å². The van der Waals surface area contributed by atoms with Gasteiger partial charge in [-0.2, -0.15) is 0 Å². The second kappa shape index (κ2) is 4.68. The van der Waals surface area contributed by atoms with Gasteiger partial charge in [0.15, 0.2) is 5.65 Å². The molecule has 4 rings (SSSR count). The molecule has 0 radical (unpaired) electrons. The van der Waals surface area contributed by atoms with Gasteiger partial charge in [0.1, 0.15) is 17.1 Å². The zero-order valence-electron chi connectivity index (χ0n) is 11.7. The number of aromatic hydroxyl groups is 1. The summed E-state index contributed by atoms with van der Waals surface area (Å²) in [5.74, 6) is 0.768. The molecule has 3 aromatic heterocycles. The topological polar surface area (TPSA) is 63.3 Å². The first-order valence-corrected chi connectivity index (χ1v) is 7.10. The number of phenols is 1. The fourth-order valence-corrected chi connectivity index (χ4v) is 2.78. The van der Waals surface area contributed by atoms with E-state index in [-0.39, 0.29) is 5.75 Å². The summed E-state index contributed by atoms with van der Waals surface area (Å²) in [6.07, 6.45) is 3.46. The van der Waals surface area contributed by atoms with Gasteiger partial charge in [-0.3, -0.25) is 4.40 Å². The molecule has 0 aliphatic carbocycles. The van der Waals surface area contributed by atoms with Gasteiger partial charge in [0.25, 0.3) is 0 Å². The largest absolute Gasteiger partial charge is 0.508 e. The Bertz CT molecular complexity index is 1030. The summed E-state index contributed by atoms with van der Waals surface area (Å²) in [6, 6.07) is 8.55. The van der Waals surface area contributed by atoms with Crippen LogP contribution >= 0.6 is 11.6 Å². The standard InChI is InChI=1S/C16H11ClN4O/c1-9-14-8-19-15(11-7-10(22)4-5-12(11)17)21(14)16-13(20-9)3-2-6-18-16/h2-8,22H,1H3. The minimum Gasteiger partial charge on any atom is -0.508 e. The Balaban J connectivity index is 2.18. The van der Waals surface area contributed by atoms with Gasteiger partial charge in [0, 0.05) is 11.8 Å². The van der Waals surface area contributed by atoms with Gasteiger partial charge in [-0.1, -0.05) is 11.6 Å². The van der Waals surface area contributed by atoms with Gasteiger partial charge in [0.2, 0.25) is 0 Å². The SMILES string of the molecule is Cc1nc2cccnc2n2c(-c3cc(O)ccc3Cl)ncc12. The van der Waals surface area contributed by atoms with Crippen LogP contribution in [0.3, 0.4) is 0 Å². The van der Waals surface area contributed by atoms with Crippen LogP contribution in [0.4, 0.5) is 0 Å². The smallest absolute Gasteiger partial charge is 0.164 e. The number of fused-ring (bicyclic) bond motifs is 3. The molecule has 0 unspecified atom stereocenters. The van der Waals surface area contributed by atoms with Crippen LogP contribution in [-0.4, -0.2) is 24.5 Å². The Labute approximate surface area is 130 Å². The fraction of sp³-hybridized carbons (Fsp3) is 0.0625. The first-order valence-electron chi connectivity index (χ1n) is 6.73. The maximum atomic E-state index is 9.75. The summed E-state index contributed by atoms with van der Waals surface area (Å²) >= 11 is 6.28. The highest BCUT2D eigenvalue weighted by atomic mass is 35.5. The molecule has 1 N–H and O–H groups in total. The molecule has 0 aliphatic rings. The number of aryl methyl sites for hydroxylation is 1. The fourth-order valence-electron chi connectivity index (χ4n) is 2.58. The predicted octanol–water partition coefficient (Wildman–Crippen LogP) is 3.61. The molecular formula is C16H11ClN4O. The summed E-state index contributed by atoms with van der Waals surface area (Å²) in [7, 11) is 0. The van der Waals surface area contributed by atoms with E-state index in [1.54, 1.807) is 30.6 Å². The second-order valence-electron chi connectivity index (χ2n) is 5.01. The van der Waals surface area contributed by atoms with Gasteiger partial charge < -0.3 is 5.11 Å². The number of nitrogens with zero attached hydrogens (tertiary/aromatic N) is 4. The number of aromatic nitrogens is 4. The molecule has 0 amide bonds. The van der Waals surface area contributed by atoms with Crippen molar-refractivity contribution in [2.45, 2.75) is 6.92 Å². The number of imidazole rings is 1. The molecule has 0 atom stereocenters. The second-order valence-corrected chi connectivity index (χ2v) is 5.42. The van der Waals surface area contributed by atoms with Crippen LogP contribution in [0.5, 0.6) is 5.75 Å². The summed E-state index contributed by atoms with van der Waals surface area (Å²) in [4.78, 5) is 13.4. The zero-order valence-corrected chi connectivity index (χ0v) is 12.4. The van der Waals surface area contributed by atoms with Crippen LogP contribution in [0.1, 0.15) is 5.69 Å². The predicted molar refractivity (Wildman–Crippen MR) is 85.1 cm³/mol. The van der Waals surface area contributed by atoms with Crippen LogP contribution in [0.25, 0.3) is 28.1 Å². The van der Waals surface area contributed by atoms with Crippen molar-refractivity contribution in [1.82, 2.24) is 19.4 Å². The molecule has 0 bridgehead atoms. The first kappa shape index (κ1) is 13.0. The molecule has 0 saturated carbocycles. The molecule has 22 heavy (non-hydrogen) atoms. The van der Waals surface area contributed by atoms with Crippen LogP contribution < -0.4 is 0 Å². The molecular weight excluding hydrogens is 300 g/mol. The van der Waals surface area contributed by atoms with Crippen molar-refractivity contribution in [3.05, 3.63) is 53.4 Å². The number of hydrogen-bond donors (Lipinski definition) is 1. The Morgan fingerprint density at radius 3 is 2.91 bits per heavy atom. The number of halogens is 1. The summed E-state index contributed by atoms with van der Waals surface area (Å²) in [5.41, 5.74) is 3.85. The summed E-state index contributed by atoms with van der Waals surface area (Å²) in [5, 5.41) is 10.3. The molecule has 5 nitrogen and oxygen atoms in total. The molecule has 0 spiro atoms. The molecule has 4 aromatic rings. The van der Waals surface area contributed by atoms with E-state index in [2.05, 4.69) is 15.0 Å². The van der Waals surface area contributed by atoms with E-state index in [0.29, 0.717) is 22.1 Å². The Kier molecular flexibility index (Phi) is 2.77. The Hall–Kier alpha value is -2.66. The minimum absolute atomic E-state index is 0.138. The number of hydrogen-bond acceptors (Lipinski definition) is 4. The monoisotopic (exact) mass is 310 g/mol. The Morgan fingerprint density at radius 1 is 1.18 bits per heavy atom. The number of rotatable bonds is 1. The van der Waals surface area contributed by atoms with Crippen molar-refractivity contribution in [2.75, 3.05) is 0 Å². The highest BCUT2D eigenvalue weighted by Gasteiger charge is 2.15. The molecule has 0 fully saturated rings. The molecule has 0 aliphatic heterocycles. The maximum absolute atomic E-state index is 9.75. The highest BCUT2D eigenvalue weighted by molar-refractivity contribution is 6.33. The van der Waals surface area contributed by atoms with E-state index in [9.17, 15) is 5.11 Å². The van der Waals surface area contributed by atoms with Crippen LogP contribution in [0.2, 0.25) is 5.02 Å². The van der Waals surface area contributed by atoms with Gasteiger partial charge in [-0.05, 0) is 37.3 Å². The molecule has 108 valence electrons. The lowest BCUT2D eigenvalue weighted by Crippen LogP contribution is -1.99. The van der Waals surface area contributed by atoms with Crippen molar-refractivity contribution in [2.24, 2.45) is 0 Å². The minimum atomic E-state index is 0.138. The van der Waals surface area contributed by atoms with Crippen molar-refractivity contribution >= 4 is 28.3 Å². The van der Waals surface area contributed by atoms with E-state index >= 15 is 0 Å². The molecule has 3 heterocycles. The number of pyridine rings is 1. The third-order valence-corrected chi connectivity index (χ3v) is 3.92. The molecule has 6 heteroatoms. The van der Waals surface area contributed by atoms with Gasteiger partial charge >= 0.3 is 0 Å². The van der Waals surface area contributed by atoms with Crippen molar-refractivity contribution in [3.8, 4) is 17.1 Å². The molecule has 0 saturated heterocycles. The van der Waals surface area contributed by atoms with E-state index in [1.165, 1.54) is 0 Å². The van der Waals surface area contributed by atoms with Gasteiger partial charge in [-0.25, -0.2) is 15.0 Å². The van der Waals surface area contributed by atoms with Crippen LogP contribution in [0, 0.1) is 6.92 Å². The average molecular weight is 311 g/mol. The highest BCUT2D eigenvalue weighted by Crippen LogP contribution is 2.32. The van der Waals surface area contributed by atoms with Crippen molar-refractivity contribution in [3.63, 3.8) is 0 Å². The lowest BCUT2D eigenvalue weighted by Gasteiger charge is -2.08.